The van der Waals surface area contributed by atoms with Crippen LogP contribution in [0.2, 0.25) is 0 Å². The van der Waals surface area contributed by atoms with Gasteiger partial charge in [0.2, 0.25) is 0 Å². The molecule has 0 amide bonds. The maximum Gasteiger partial charge on any atom is 0.0196 e. The van der Waals surface area contributed by atoms with E-state index in [0.717, 1.165) is 5.92 Å². The molecule has 1 aliphatic rings. The quantitative estimate of drug-likeness (QED) is 0.718. The minimum absolute atomic E-state index is 0.423. The number of rotatable bonds is 7. The molecule has 0 heterocycles. The molecule has 1 saturated carbocycles. The normalized spacial score (nSPS) is 21.8. The lowest BCUT2D eigenvalue weighted by molar-refractivity contribution is 0.561. The Hall–Kier alpha value is 0.310. The summed E-state index contributed by atoms with van der Waals surface area (Å²) in [5.74, 6) is 2.36. The highest BCUT2D eigenvalue weighted by atomic mass is 32.2. The molecule has 0 bridgehead atoms. The molecule has 2 heteroatoms. The zero-order valence-corrected chi connectivity index (χ0v) is 11.2. The Labute approximate surface area is 99.6 Å². The summed E-state index contributed by atoms with van der Waals surface area (Å²) in [6, 6.07) is 0.423. The van der Waals surface area contributed by atoms with Crippen LogP contribution in [0.15, 0.2) is 0 Å². The van der Waals surface area contributed by atoms with Gasteiger partial charge in [-0.05, 0) is 37.4 Å². The number of nitrogens with two attached hydrogens (primary N) is 1. The monoisotopic (exact) mass is 229 g/mol. The number of hydrogen-bond acceptors (Lipinski definition) is 2. The van der Waals surface area contributed by atoms with Crippen LogP contribution in [0, 0.1) is 5.92 Å². The van der Waals surface area contributed by atoms with Gasteiger partial charge < -0.3 is 5.73 Å². The van der Waals surface area contributed by atoms with Crippen LogP contribution in [0.5, 0.6) is 0 Å². The Kier molecular flexibility index (Phi) is 6.74. The van der Waals surface area contributed by atoms with Crippen LogP contribution in [0.4, 0.5) is 0 Å². The average molecular weight is 229 g/mol. The number of hydrogen-bond donors (Lipinski definition) is 1. The highest BCUT2D eigenvalue weighted by Crippen LogP contribution is 2.31. The summed E-state index contributed by atoms with van der Waals surface area (Å²) < 4.78 is 0. The first kappa shape index (κ1) is 13.4. The summed E-state index contributed by atoms with van der Waals surface area (Å²) in [7, 11) is 0. The zero-order valence-electron chi connectivity index (χ0n) is 10.4. The second-order valence-electron chi connectivity index (χ2n) is 4.88. The zero-order chi connectivity index (χ0) is 11.1. The van der Waals surface area contributed by atoms with Gasteiger partial charge in [-0.25, -0.2) is 0 Å². The minimum atomic E-state index is 0.423. The Morgan fingerprint density at radius 2 is 1.93 bits per heavy atom. The summed E-state index contributed by atoms with van der Waals surface area (Å²) in [5, 5.41) is 0.700. The lowest BCUT2D eigenvalue weighted by atomic mass is 10.1. The van der Waals surface area contributed by atoms with Gasteiger partial charge in [-0.1, -0.05) is 33.1 Å². The van der Waals surface area contributed by atoms with Crippen molar-refractivity contribution in [3.8, 4) is 0 Å². The van der Waals surface area contributed by atoms with Crippen LogP contribution in [-0.4, -0.2) is 17.0 Å². The van der Waals surface area contributed by atoms with Gasteiger partial charge in [0.15, 0.2) is 0 Å². The van der Waals surface area contributed by atoms with Crippen LogP contribution in [-0.2, 0) is 0 Å². The topological polar surface area (TPSA) is 26.0 Å². The molecule has 0 saturated heterocycles. The van der Waals surface area contributed by atoms with Crippen LogP contribution >= 0.6 is 11.8 Å². The van der Waals surface area contributed by atoms with Crippen molar-refractivity contribution < 1.29 is 0 Å². The summed E-state index contributed by atoms with van der Waals surface area (Å²) in [4.78, 5) is 0. The van der Waals surface area contributed by atoms with Crippen molar-refractivity contribution in [3.63, 3.8) is 0 Å². The van der Waals surface area contributed by atoms with Crippen LogP contribution in [0.1, 0.15) is 58.8 Å². The van der Waals surface area contributed by atoms with Gasteiger partial charge in [0.25, 0.3) is 0 Å². The smallest absolute Gasteiger partial charge is 0.0196 e. The molecule has 0 aromatic rings. The van der Waals surface area contributed by atoms with Gasteiger partial charge in [-0.3, -0.25) is 0 Å². The Morgan fingerprint density at radius 3 is 2.47 bits per heavy atom. The molecule has 0 aliphatic heterocycles. The molecule has 1 fully saturated rings. The van der Waals surface area contributed by atoms with E-state index in [4.69, 9.17) is 5.73 Å². The van der Waals surface area contributed by atoms with E-state index in [1.165, 1.54) is 50.7 Å². The minimum Gasteiger partial charge on any atom is -0.327 e. The molecule has 1 nitrogen and oxygen atoms in total. The molecule has 1 rings (SSSR count). The Morgan fingerprint density at radius 1 is 1.27 bits per heavy atom. The fraction of sp³-hybridized carbons (Fsp3) is 1.00. The van der Waals surface area contributed by atoms with Crippen molar-refractivity contribution in [1.29, 1.82) is 0 Å². The van der Waals surface area contributed by atoms with E-state index in [-0.39, 0.29) is 0 Å². The lowest BCUT2D eigenvalue weighted by Gasteiger charge is -2.23. The van der Waals surface area contributed by atoms with Crippen molar-refractivity contribution in [3.05, 3.63) is 0 Å². The molecule has 2 atom stereocenters. The molecule has 0 radical (unpaired) electrons. The predicted molar refractivity (Wildman–Crippen MR) is 71.4 cm³/mol. The third-order valence-corrected chi connectivity index (χ3v) is 5.30. The third kappa shape index (κ3) is 4.78. The lowest BCUT2D eigenvalue weighted by Crippen LogP contribution is -2.32. The fourth-order valence-electron chi connectivity index (χ4n) is 2.50. The van der Waals surface area contributed by atoms with Gasteiger partial charge in [-0.15, -0.1) is 0 Å². The summed E-state index contributed by atoms with van der Waals surface area (Å²) >= 11 is 2.14. The maximum atomic E-state index is 6.20. The largest absolute Gasteiger partial charge is 0.327 e. The van der Waals surface area contributed by atoms with Crippen LogP contribution in [0.25, 0.3) is 0 Å². The SMILES string of the molecule is CCCC(N)C(CC)SCC1CCCC1. The molecular weight excluding hydrogens is 202 g/mol. The van der Waals surface area contributed by atoms with E-state index in [0.29, 0.717) is 11.3 Å². The predicted octanol–water partition coefficient (Wildman–Crippen LogP) is 3.82. The molecule has 2 N–H and O–H groups in total. The van der Waals surface area contributed by atoms with Gasteiger partial charge in [0.1, 0.15) is 0 Å². The van der Waals surface area contributed by atoms with E-state index in [2.05, 4.69) is 25.6 Å². The van der Waals surface area contributed by atoms with Gasteiger partial charge >= 0.3 is 0 Å². The number of thioether (sulfide) groups is 1. The first-order valence-electron chi connectivity index (χ1n) is 6.65. The molecule has 0 aromatic carbocycles. The Bertz CT molecular complexity index is 155. The molecule has 2 unspecified atom stereocenters. The maximum absolute atomic E-state index is 6.20. The second kappa shape index (κ2) is 7.56. The Balaban J connectivity index is 2.19. The third-order valence-electron chi connectivity index (χ3n) is 3.52. The first-order valence-corrected chi connectivity index (χ1v) is 7.70. The van der Waals surface area contributed by atoms with Crippen molar-refractivity contribution in [2.24, 2.45) is 11.7 Å². The average Bonchev–Trinajstić information content (AvgIpc) is 2.72. The van der Waals surface area contributed by atoms with Crippen molar-refractivity contribution >= 4 is 11.8 Å². The summed E-state index contributed by atoms with van der Waals surface area (Å²) in [6.07, 6.45) is 9.50. The van der Waals surface area contributed by atoms with Gasteiger partial charge in [-0.2, -0.15) is 11.8 Å². The van der Waals surface area contributed by atoms with E-state index in [1.807, 2.05) is 0 Å². The standard InChI is InChI=1S/C13H27NS/c1-3-7-12(14)13(4-2)15-10-11-8-5-6-9-11/h11-13H,3-10,14H2,1-2H3. The van der Waals surface area contributed by atoms with Crippen LogP contribution < -0.4 is 5.73 Å². The van der Waals surface area contributed by atoms with Crippen molar-refractivity contribution in [1.82, 2.24) is 0 Å². The van der Waals surface area contributed by atoms with Crippen molar-refractivity contribution in [2.45, 2.75) is 70.1 Å². The van der Waals surface area contributed by atoms with Crippen molar-refractivity contribution in [2.75, 3.05) is 5.75 Å². The molecular formula is C13H27NS. The summed E-state index contributed by atoms with van der Waals surface area (Å²) in [5.41, 5.74) is 6.20. The van der Waals surface area contributed by atoms with E-state index in [9.17, 15) is 0 Å². The molecule has 0 spiro atoms. The summed E-state index contributed by atoms with van der Waals surface area (Å²) in [6.45, 7) is 4.51. The molecule has 1 aliphatic carbocycles. The van der Waals surface area contributed by atoms with E-state index >= 15 is 0 Å². The van der Waals surface area contributed by atoms with E-state index < -0.39 is 0 Å². The first-order chi connectivity index (χ1) is 7.27. The van der Waals surface area contributed by atoms with Gasteiger partial charge in [0, 0.05) is 11.3 Å². The fourth-order valence-corrected chi connectivity index (χ4v) is 3.97. The highest BCUT2D eigenvalue weighted by molar-refractivity contribution is 7.99. The van der Waals surface area contributed by atoms with Gasteiger partial charge in [0.05, 0.1) is 0 Å². The highest BCUT2D eigenvalue weighted by Gasteiger charge is 2.20. The molecule has 15 heavy (non-hydrogen) atoms. The molecule has 0 aromatic heterocycles. The van der Waals surface area contributed by atoms with E-state index in [1.54, 1.807) is 0 Å². The second-order valence-corrected chi connectivity index (χ2v) is 6.16. The van der Waals surface area contributed by atoms with Crippen LogP contribution in [0.3, 0.4) is 0 Å². The molecule has 90 valence electrons.